The van der Waals surface area contributed by atoms with E-state index in [1.54, 1.807) is 18.3 Å². The van der Waals surface area contributed by atoms with Crippen LogP contribution in [0.3, 0.4) is 0 Å². The lowest BCUT2D eigenvalue weighted by Crippen LogP contribution is -2.48. The number of carbonyl (C=O) groups excluding carboxylic acids is 2. The lowest BCUT2D eigenvalue weighted by Gasteiger charge is -2.26. The number of hydrogen-bond acceptors (Lipinski definition) is 5. The van der Waals surface area contributed by atoms with Gasteiger partial charge in [0.15, 0.2) is 0 Å². The number of thioether (sulfide) groups is 1. The first-order valence-corrected chi connectivity index (χ1v) is 8.19. The summed E-state index contributed by atoms with van der Waals surface area (Å²) in [6.07, 6.45) is 4.42. The van der Waals surface area contributed by atoms with E-state index >= 15 is 0 Å². The highest BCUT2D eigenvalue weighted by atomic mass is 32.2. The highest BCUT2D eigenvalue weighted by Crippen LogP contribution is 2.16. The van der Waals surface area contributed by atoms with Crippen LogP contribution in [0.5, 0.6) is 0 Å². The molecule has 0 bridgehead atoms. The van der Waals surface area contributed by atoms with Crippen molar-refractivity contribution in [3.05, 3.63) is 23.9 Å². The fourth-order valence-corrected chi connectivity index (χ4v) is 2.76. The summed E-state index contributed by atoms with van der Waals surface area (Å²) in [7, 11) is 0. The van der Waals surface area contributed by atoms with Crippen LogP contribution in [-0.4, -0.2) is 60.7 Å². The Hall–Kier alpha value is -1.60. The molecule has 0 spiro atoms. The number of amides is 2. The third kappa shape index (κ3) is 4.71. The quantitative estimate of drug-likeness (QED) is 0.586. The highest BCUT2D eigenvalue weighted by molar-refractivity contribution is 7.98. The SMILES string of the molecule is CSc1ncccc1C(=O)NCCCN1CCNC(=O)C1. The number of aromatic nitrogens is 1. The van der Waals surface area contributed by atoms with Gasteiger partial charge in [0.25, 0.3) is 5.91 Å². The monoisotopic (exact) mass is 308 g/mol. The Morgan fingerprint density at radius 2 is 2.43 bits per heavy atom. The Morgan fingerprint density at radius 1 is 1.57 bits per heavy atom. The molecule has 114 valence electrons. The number of piperazine rings is 1. The predicted octanol–water partition coefficient (Wildman–Crippen LogP) is 0.355. The van der Waals surface area contributed by atoms with Crippen molar-refractivity contribution in [1.82, 2.24) is 20.5 Å². The standard InChI is InChI=1S/C14H20N4O2S/c1-21-14-11(4-2-5-17-14)13(20)16-6-3-8-18-9-7-15-12(19)10-18/h2,4-5H,3,6-10H2,1H3,(H,15,19)(H,16,20). The van der Waals surface area contributed by atoms with E-state index in [1.165, 1.54) is 11.8 Å². The Morgan fingerprint density at radius 3 is 3.19 bits per heavy atom. The molecule has 7 heteroatoms. The molecule has 2 N–H and O–H groups in total. The molecular weight excluding hydrogens is 288 g/mol. The average Bonchev–Trinajstić information content (AvgIpc) is 2.51. The third-order valence-corrected chi connectivity index (χ3v) is 3.98. The van der Waals surface area contributed by atoms with Crippen LogP contribution in [-0.2, 0) is 4.79 Å². The second-order valence-corrected chi connectivity index (χ2v) is 5.59. The topological polar surface area (TPSA) is 74.3 Å². The molecule has 1 saturated heterocycles. The summed E-state index contributed by atoms with van der Waals surface area (Å²) in [6.45, 7) is 3.44. The molecule has 1 aliphatic rings. The minimum atomic E-state index is -0.0937. The van der Waals surface area contributed by atoms with Gasteiger partial charge in [0.05, 0.1) is 12.1 Å². The molecule has 1 aromatic heterocycles. The van der Waals surface area contributed by atoms with E-state index in [0.29, 0.717) is 25.2 Å². The van der Waals surface area contributed by atoms with Crippen LogP contribution in [0.15, 0.2) is 23.4 Å². The van der Waals surface area contributed by atoms with Gasteiger partial charge in [-0.15, -0.1) is 11.8 Å². The van der Waals surface area contributed by atoms with Gasteiger partial charge in [-0.1, -0.05) is 0 Å². The molecule has 0 saturated carbocycles. The fourth-order valence-electron chi connectivity index (χ4n) is 2.21. The van der Waals surface area contributed by atoms with Gasteiger partial charge in [0.2, 0.25) is 5.91 Å². The summed E-state index contributed by atoms with van der Waals surface area (Å²) in [5.74, 6) is -0.0194. The first kappa shape index (κ1) is 15.8. The number of hydrogen-bond donors (Lipinski definition) is 2. The maximum atomic E-state index is 12.1. The van der Waals surface area contributed by atoms with Crippen molar-refractivity contribution in [1.29, 1.82) is 0 Å². The van der Waals surface area contributed by atoms with Crippen LogP contribution in [0.1, 0.15) is 16.8 Å². The Labute approximate surface area is 128 Å². The van der Waals surface area contributed by atoms with Gasteiger partial charge in [-0.25, -0.2) is 4.98 Å². The number of rotatable bonds is 6. The van der Waals surface area contributed by atoms with Gasteiger partial charge in [-0.3, -0.25) is 14.5 Å². The molecule has 2 amide bonds. The molecule has 1 aliphatic heterocycles. The van der Waals surface area contributed by atoms with E-state index in [-0.39, 0.29) is 11.8 Å². The molecule has 1 aromatic rings. The minimum absolute atomic E-state index is 0.0743. The first-order valence-electron chi connectivity index (χ1n) is 6.97. The molecule has 2 rings (SSSR count). The van der Waals surface area contributed by atoms with Crippen LogP contribution in [0.4, 0.5) is 0 Å². The molecule has 2 heterocycles. The van der Waals surface area contributed by atoms with Crippen LogP contribution < -0.4 is 10.6 Å². The van der Waals surface area contributed by atoms with E-state index in [9.17, 15) is 9.59 Å². The van der Waals surface area contributed by atoms with E-state index < -0.39 is 0 Å². The summed E-state index contributed by atoms with van der Waals surface area (Å²) in [5.41, 5.74) is 0.613. The largest absolute Gasteiger partial charge is 0.354 e. The summed E-state index contributed by atoms with van der Waals surface area (Å²) < 4.78 is 0. The minimum Gasteiger partial charge on any atom is -0.354 e. The predicted molar refractivity (Wildman–Crippen MR) is 82.4 cm³/mol. The van der Waals surface area contributed by atoms with Gasteiger partial charge in [0.1, 0.15) is 5.03 Å². The average molecular weight is 308 g/mol. The first-order chi connectivity index (χ1) is 10.2. The van der Waals surface area contributed by atoms with Crippen LogP contribution in [0.2, 0.25) is 0 Å². The molecule has 0 unspecified atom stereocenters. The van der Waals surface area contributed by atoms with Crippen molar-refractivity contribution in [2.45, 2.75) is 11.4 Å². The van der Waals surface area contributed by atoms with E-state index in [2.05, 4.69) is 20.5 Å². The zero-order valence-corrected chi connectivity index (χ0v) is 12.9. The lowest BCUT2D eigenvalue weighted by atomic mass is 10.2. The van der Waals surface area contributed by atoms with Crippen molar-refractivity contribution in [2.24, 2.45) is 0 Å². The van der Waals surface area contributed by atoms with Gasteiger partial charge < -0.3 is 10.6 Å². The third-order valence-electron chi connectivity index (χ3n) is 3.26. The van der Waals surface area contributed by atoms with Crippen LogP contribution >= 0.6 is 11.8 Å². The van der Waals surface area contributed by atoms with Crippen LogP contribution in [0, 0.1) is 0 Å². The summed E-state index contributed by atoms with van der Waals surface area (Å²) in [6, 6.07) is 3.55. The molecule has 1 fully saturated rings. The highest BCUT2D eigenvalue weighted by Gasteiger charge is 2.15. The smallest absolute Gasteiger partial charge is 0.254 e. The van der Waals surface area contributed by atoms with Crippen molar-refractivity contribution in [3.63, 3.8) is 0 Å². The summed E-state index contributed by atoms with van der Waals surface area (Å²) in [5, 5.41) is 6.44. The second-order valence-electron chi connectivity index (χ2n) is 4.80. The van der Waals surface area contributed by atoms with Gasteiger partial charge in [-0.2, -0.15) is 0 Å². The number of nitrogens with one attached hydrogen (secondary N) is 2. The lowest BCUT2D eigenvalue weighted by molar-refractivity contribution is -0.124. The van der Waals surface area contributed by atoms with E-state index in [4.69, 9.17) is 0 Å². The number of nitrogens with zero attached hydrogens (tertiary/aromatic N) is 2. The summed E-state index contributed by atoms with van der Waals surface area (Å²) >= 11 is 1.46. The van der Waals surface area contributed by atoms with Gasteiger partial charge >= 0.3 is 0 Å². The molecule has 0 aliphatic carbocycles. The second kappa shape index (κ2) is 7.99. The Kier molecular flexibility index (Phi) is 6.01. The zero-order valence-electron chi connectivity index (χ0n) is 12.1. The number of carbonyl (C=O) groups is 2. The van der Waals surface area contributed by atoms with Gasteiger partial charge in [0, 0.05) is 32.4 Å². The van der Waals surface area contributed by atoms with Crippen molar-refractivity contribution in [3.8, 4) is 0 Å². The number of pyridine rings is 1. The molecular formula is C14H20N4O2S. The Balaban J connectivity index is 1.73. The maximum absolute atomic E-state index is 12.1. The fraction of sp³-hybridized carbons (Fsp3) is 0.500. The molecule has 0 atom stereocenters. The molecule has 0 radical (unpaired) electrons. The van der Waals surface area contributed by atoms with E-state index in [0.717, 1.165) is 24.5 Å². The Bertz CT molecular complexity index is 510. The molecule has 21 heavy (non-hydrogen) atoms. The maximum Gasteiger partial charge on any atom is 0.254 e. The zero-order chi connectivity index (χ0) is 15.1. The molecule has 6 nitrogen and oxygen atoms in total. The van der Waals surface area contributed by atoms with Crippen molar-refractivity contribution < 1.29 is 9.59 Å². The normalized spacial score (nSPS) is 15.6. The van der Waals surface area contributed by atoms with Gasteiger partial charge in [-0.05, 0) is 24.8 Å². The van der Waals surface area contributed by atoms with Crippen molar-refractivity contribution >= 4 is 23.6 Å². The van der Waals surface area contributed by atoms with Crippen molar-refractivity contribution in [2.75, 3.05) is 39.0 Å². The molecule has 0 aromatic carbocycles. The summed E-state index contributed by atoms with van der Waals surface area (Å²) in [4.78, 5) is 29.6. The van der Waals surface area contributed by atoms with Crippen LogP contribution in [0.25, 0.3) is 0 Å². The van der Waals surface area contributed by atoms with E-state index in [1.807, 2.05) is 6.26 Å².